The monoisotopic (exact) mass is 417 g/mol. The number of H-pyrrole nitrogens is 1. The maximum absolute atomic E-state index is 13.8. The Morgan fingerprint density at radius 2 is 1.84 bits per heavy atom. The molecule has 0 saturated carbocycles. The minimum atomic E-state index is -1.19. The Kier molecular flexibility index (Phi) is 4.36. The number of urea groups is 1. The third-order valence-electron chi connectivity index (χ3n) is 6.55. The van der Waals surface area contributed by atoms with E-state index in [1.807, 2.05) is 54.6 Å². The molecule has 158 valence electrons. The number of aromatic amines is 1. The summed E-state index contributed by atoms with van der Waals surface area (Å²) < 4.78 is 4.99. The summed E-state index contributed by atoms with van der Waals surface area (Å²) in [4.78, 5) is 46.0. The first-order chi connectivity index (χ1) is 15.0. The number of carbonyl (C=O) groups is 3. The van der Waals surface area contributed by atoms with Gasteiger partial charge in [-0.2, -0.15) is 0 Å². The maximum Gasteiger partial charge on any atom is 0.329 e. The van der Waals surface area contributed by atoms with E-state index in [-0.39, 0.29) is 6.42 Å². The zero-order chi connectivity index (χ0) is 21.8. The number of methoxy groups -OCH3 is 1. The first kappa shape index (κ1) is 19.4. The zero-order valence-corrected chi connectivity index (χ0v) is 17.4. The summed E-state index contributed by atoms with van der Waals surface area (Å²) in [6.45, 7) is 2.17. The Morgan fingerprint density at radius 1 is 1.13 bits per heavy atom. The van der Waals surface area contributed by atoms with Crippen molar-refractivity contribution in [3.63, 3.8) is 0 Å². The Hall–Kier alpha value is -3.61. The van der Waals surface area contributed by atoms with Gasteiger partial charge in [0.1, 0.15) is 6.04 Å². The molecule has 3 amide bonds. The Labute approximate surface area is 179 Å². The Morgan fingerprint density at radius 3 is 2.58 bits per heavy atom. The van der Waals surface area contributed by atoms with Crippen molar-refractivity contribution in [2.24, 2.45) is 0 Å². The molecule has 2 aromatic carbocycles. The number of hydrogen-bond donors (Lipinski definition) is 1. The molecule has 2 aliphatic heterocycles. The number of ether oxygens (including phenoxy) is 1. The largest absolute Gasteiger partial charge is 0.467 e. The van der Waals surface area contributed by atoms with Gasteiger partial charge in [-0.25, -0.2) is 14.5 Å². The SMILES string of the molecule is COC(=O)[C@H](Cc1ccccc1)N1C(=O)N2CCc3c([nH]c4ccccc34)[C@@]2(C)C1=O. The van der Waals surface area contributed by atoms with E-state index in [9.17, 15) is 14.4 Å². The molecule has 2 atom stereocenters. The summed E-state index contributed by atoms with van der Waals surface area (Å²) in [5.41, 5.74) is 2.37. The molecule has 7 heteroatoms. The van der Waals surface area contributed by atoms with Gasteiger partial charge in [-0.05, 0) is 30.5 Å². The lowest BCUT2D eigenvalue weighted by Crippen LogP contribution is -2.49. The quantitative estimate of drug-likeness (QED) is 0.523. The third-order valence-corrected chi connectivity index (χ3v) is 6.55. The number of carbonyl (C=O) groups excluding carboxylic acids is 3. The molecule has 7 nitrogen and oxygen atoms in total. The number of imide groups is 1. The van der Waals surface area contributed by atoms with Crippen LogP contribution in [0.4, 0.5) is 4.79 Å². The molecule has 2 aliphatic rings. The summed E-state index contributed by atoms with van der Waals surface area (Å²) in [5.74, 6) is -1.01. The zero-order valence-electron chi connectivity index (χ0n) is 17.4. The van der Waals surface area contributed by atoms with Gasteiger partial charge in [0, 0.05) is 23.9 Å². The highest BCUT2D eigenvalue weighted by molar-refractivity contribution is 6.10. The summed E-state index contributed by atoms with van der Waals surface area (Å²) in [6.07, 6.45) is 0.845. The Bertz CT molecular complexity index is 1200. The third kappa shape index (κ3) is 2.69. The number of aromatic nitrogens is 1. The van der Waals surface area contributed by atoms with Crippen LogP contribution in [0.5, 0.6) is 0 Å². The highest BCUT2D eigenvalue weighted by Crippen LogP contribution is 2.44. The number of hydrogen-bond acceptors (Lipinski definition) is 4. The van der Waals surface area contributed by atoms with Crippen LogP contribution >= 0.6 is 0 Å². The number of nitrogens with one attached hydrogen (secondary N) is 1. The number of esters is 1. The van der Waals surface area contributed by atoms with Crippen LogP contribution in [-0.4, -0.2) is 52.4 Å². The number of rotatable bonds is 4. The number of benzene rings is 2. The molecule has 0 radical (unpaired) electrons. The highest BCUT2D eigenvalue weighted by Gasteiger charge is 2.60. The summed E-state index contributed by atoms with van der Waals surface area (Å²) in [7, 11) is 1.27. The predicted octanol–water partition coefficient (Wildman–Crippen LogP) is 2.99. The first-order valence-corrected chi connectivity index (χ1v) is 10.3. The van der Waals surface area contributed by atoms with Gasteiger partial charge in [0.15, 0.2) is 5.54 Å². The summed E-state index contributed by atoms with van der Waals surface area (Å²) in [5, 5.41) is 1.06. The van der Waals surface area contributed by atoms with Crippen molar-refractivity contribution in [3.05, 3.63) is 71.4 Å². The van der Waals surface area contributed by atoms with Gasteiger partial charge in [-0.3, -0.25) is 4.79 Å². The van der Waals surface area contributed by atoms with Crippen LogP contribution < -0.4 is 0 Å². The van der Waals surface area contributed by atoms with Gasteiger partial charge in [-0.1, -0.05) is 48.5 Å². The smallest absolute Gasteiger partial charge is 0.329 e. The van der Waals surface area contributed by atoms with Gasteiger partial charge >= 0.3 is 12.0 Å². The van der Waals surface area contributed by atoms with Crippen LogP contribution in [0.2, 0.25) is 0 Å². The van der Waals surface area contributed by atoms with Crippen LogP contribution in [0.25, 0.3) is 10.9 Å². The van der Waals surface area contributed by atoms with E-state index in [0.717, 1.165) is 32.6 Å². The van der Waals surface area contributed by atoms with Gasteiger partial charge in [0.05, 0.1) is 12.8 Å². The molecule has 3 aromatic rings. The van der Waals surface area contributed by atoms with Crippen LogP contribution in [0, 0.1) is 0 Å². The van der Waals surface area contributed by atoms with Crippen molar-refractivity contribution >= 4 is 28.8 Å². The number of para-hydroxylation sites is 1. The van der Waals surface area contributed by atoms with Crippen LogP contribution in [0.15, 0.2) is 54.6 Å². The fourth-order valence-electron chi connectivity index (χ4n) is 4.95. The second-order valence-corrected chi connectivity index (χ2v) is 8.18. The molecule has 3 heterocycles. The van der Waals surface area contributed by atoms with E-state index in [2.05, 4.69) is 4.98 Å². The lowest BCUT2D eigenvalue weighted by Gasteiger charge is -2.36. The van der Waals surface area contributed by atoms with E-state index in [0.29, 0.717) is 13.0 Å². The molecule has 0 bridgehead atoms. The van der Waals surface area contributed by atoms with Crippen molar-refractivity contribution in [1.29, 1.82) is 0 Å². The molecule has 1 saturated heterocycles. The predicted molar refractivity (Wildman–Crippen MR) is 114 cm³/mol. The number of nitrogens with zero attached hydrogens (tertiary/aromatic N) is 2. The van der Waals surface area contributed by atoms with Crippen molar-refractivity contribution in [3.8, 4) is 0 Å². The van der Waals surface area contributed by atoms with E-state index >= 15 is 0 Å². The lowest BCUT2D eigenvalue weighted by atomic mass is 9.87. The van der Waals surface area contributed by atoms with E-state index in [4.69, 9.17) is 4.74 Å². The second kappa shape index (κ2) is 6.97. The topological polar surface area (TPSA) is 82.7 Å². The molecule has 0 unspecified atom stereocenters. The molecule has 5 rings (SSSR count). The average Bonchev–Trinajstić information content (AvgIpc) is 3.27. The molecule has 1 aromatic heterocycles. The Balaban J connectivity index is 1.60. The van der Waals surface area contributed by atoms with Crippen LogP contribution in [0.3, 0.4) is 0 Å². The number of fused-ring (bicyclic) bond motifs is 5. The molecule has 1 N–H and O–H groups in total. The van der Waals surface area contributed by atoms with Crippen molar-refractivity contribution in [2.45, 2.75) is 31.3 Å². The molecule has 0 spiro atoms. The first-order valence-electron chi connectivity index (χ1n) is 10.3. The minimum absolute atomic E-state index is 0.203. The normalized spacial score (nSPS) is 21.2. The van der Waals surface area contributed by atoms with E-state index < -0.39 is 29.5 Å². The van der Waals surface area contributed by atoms with E-state index in [1.54, 1.807) is 11.8 Å². The van der Waals surface area contributed by atoms with Crippen molar-refractivity contribution in [2.75, 3.05) is 13.7 Å². The van der Waals surface area contributed by atoms with Gasteiger partial charge < -0.3 is 14.6 Å². The van der Waals surface area contributed by atoms with Crippen molar-refractivity contribution < 1.29 is 19.1 Å². The minimum Gasteiger partial charge on any atom is -0.467 e. The summed E-state index contributed by atoms with van der Waals surface area (Å²) in [6, 6.07) is 15.7. The van der Waals surface area contributed by atoms with Gasteiger partial charge in [0.25, 0.3) is 5.91 Å². The van der Waals surface area contributed by atoms with Gasteiger partial charge in [0.2, 0.25) is 0 Å². The standard InChI is InChI=1S/C24H23N3O4/c1-24-20-17(16-10-6-7-11-18(16)25-20)12-13-26(24)23(30)27(22(24)29)19(21(28)31-2)14-15-8-4-3-5-9-15/h3-11,19,25H,12-14H2,1-2H3/t19-,24-/m0/s1. The fraction of sp³-hybridized carbons (Fsp3) is 0.292. The second-order valence-electron chi connectivity index (χ2n) is 8.18. The molecular weight excluding hydrogens is 394 g/mol. The lowest BCUT2D eigenvalue weighted by molar-refractivity contribution is -0.150. The molecule has 31 heavy (non-hydrogen) atoms. The molecular formula is C24H23N3O4. The molecule has 0 aliphatic carbocycles. The van der Waals surface area contributed by atoms with E-state index in [1.165, 1.54) is 7.11 Å². The number of amides is 3. The molecule has 1 fully saturated rings. The fourth-order valence-corrected chi connectivity index (χ4v) is 4.95. The van der Waals surface area contributed by atoms with Crippen LogP contribution in [0.1, 0.15) is 23.7 Å². The highest BCUT2D eigenvalue weighted by atomic mass is 16.5. The van der Waals surface area contributed by atoms with Crippen molar-refractivity contribution in [1.82, 2.24) is 14.8 Å². The van der Waals surface area contributed by atoms with Gasteiger partial charge in [-0.15, -0.1) is 0 Å². The maximum atomic E-state index is 13.8. The van der Waals surface area contributed by atoms with Crippen LogP contribution in [-0.2, 0) is 32.7 Å². The summed E-state index contributed by atoms with van der Waals surface area (Å²) >= 11 is 0. The average molecular weight is 417 g/mol.